The Kier molecular flexibility index (Phi) is 7.79. The van der Waals surface area contributed by atoms with E-state index in [0.717, 1.165) is 23.9 Å². The van der Waals surface area contributed by atoms with E-state index >= 15 is 0 Å². The number of hydrogen-bond donors (Lipinski definition) is 1. The predicted octanol–water partition coefficient (Wildman–Crippen LogP) is 4.93. The first-order valence-corrected chi connectivity index (χ1v) is 10.8. The molecule has 1 heterocycles. The summed E-state index contributed by atoms with van der Waals surface area (Å²) >= 11 is 1.49. The van der Waals surface area contributed by atoms with Crippen molar-refractivity contribution in [3.63, 3.8) is 0 Å². The van der Waals surface area contributed by atoms with Gasteiger partial charge in [0.05, 0.1) is 23.7 Å². The van der Waals surface area contributed by atoms with Crippen LogP contribution in [0.1, 0.15) is 26.2 Å². The van der Waals surface area contributed by atoms with Gasteiger partial charge in [0.2, 0.25) is 5.91 Å². The van der Waals surface area contributed by atoms with Crippen molar-refractivity contribution in [1.29, 1.82) is 0 Å². The zero-order chi connectivity index (χ0) is 19.6. The van der Waals surface area contributed by atoms with Gasteiger partial charge in [-0.2, -0.15) is 0 Å². The maximum Gasteiger partial charge on any atom is 0.234 e. The molecule has 148 valence electrons. The number of nitrogens with one attached hydrogen (secondary N) is 1. The van der Waals surface area contributed by atoms with Gasteiger partial charge in [0.25, 0.3) is 0 Å². The summed E-state index contributed by atoms with van der Waals surface area (Å²) in [6, 6.07) is 17.4. The van der Waals surface area contributed by atoms with Crippen LogP contribution < -0.4 is 10.1 Å². The van der Waals surface area contributed by atoms with Crippen LogP contribution in [0.5, 0.6) is 5.75 Å². The molecule has 0 radical (unpaired) electrons. The summed E-state index contributed by atoms with van der Waals surface area (Å²) in [5.74, 6) is 0.940. The van der Waals surface area contributed by atoms with Gasteiger partial charge in [-0.1, -0.05) is 42.1 Å². The summed E-state index contributed by atoms with van der Waals surface area (Å²) in [6.45, 7) is 4.48. The van der Waals surface area contributed by atoms with Gasteiger partial charge >= 0.3 is 0 Å². The number of benzene rings is 2. The standard InChI is InChI=1S/C22H27N3O2S/c1-2-27-20-14-8-7-13-19(20)24-21(26)17-28-22(25-15-9-4-10-16-25)23-18-11-5-3-6-12-18/h3,5-8,11-14H,2,4,9-10,15-17H2,1H3,(H,24,26). The molecular formula is C22H27N3O2S. The molecule has 0 unspecified atom stereocenters. The Morgan fingerprint density at radius 3 is 2.54 bits per heavy atom. The van der Waals surface area contributed by atoms with Gasteiger partial charge < -0.3 is 15.0 Å². The Morgan fingerprint density at radius 2 is 1.79 bits per heavy atom. The van der Waals surface area contributed by atoms with Crippen molar-refractivity contribution in [2.75, 3.05) is 30.8 Å². The van der Waals surface area contributed by atoms with E-state index in [-0.39, 0.29) is 5.91 Å². The summed E-state index contributed by atoms with van der Waals surface area (Å²) < 4.78 is 5.58. The van der Waals surface area contributed by atoms with Gasteiger partial charge in [-0.3, -0.25) is 4.79 Å². The Morgan fingerprint density at radius 1 is 1.07 bits per heavy atom. The number of amidine groups is 1. The number of nitrogens with zero attached hydrogens (tertiary/aromatic N) is 2. The van der Waals surface area contributed by atoms with Crippen LogP contribution in [-0.2, 0) is 4.79 Å². The first-order valence-electron chi connectivity index (χ1n) is 9.79. The zero-order valence-corrected chi connectivity index (χ0v) is 17.1. The Labute approximate surface area is 171 Å². The number of thioether (sulfide) groups is 1. The normalized spacial score (nSPS) is 14.6. The third-order valence-electron chi connectivity index (χ3n) is 4.40. The lowest BCUT2D eigenvalue weighted by molar-refractivity contribution is -0.113. The first kappa shape index (κ1) is 20.3. The van der Waals surface area contributed by atoms with E-state index < -0.39 is 0 Å². The molecule has 6 heteroatoms. The second-order valence-electron chi connectivity index (χ2n) is 6.54. The number of carbonyl (C=O) groups excluding carboxylic acids is 1. The van der Waals surface area contributed by atoms with Crippen molar-refractivity contribution in [2.24, 2.45) is 4.99 Å². The second-order valence-corrected chi connectivity index (χ2v) is 7.49. The number of likely N-dealkylation sites (tertiary alicyclic amines) is 1. The molecule has 1 aliphatic heterocycles. The van der Waals surface area contributed by atoms with Gasteiger partial charge in [-0.25, -0.2) is 4.99 Å². The molecule has 0 atom stereocenters. The number of piperidine rings is 1. The molecule has 1 saturated heterocycles. The molecule has 0 bridgehead atoms. The molecule has 5 nitrogen and oxygen atoms in total. The summed E-state index contributed by atoms with van der Waals surface area (Å²) in [7, 11) is 0. The fraction of sp³-hybridized carbons (Fsp3) is 0.364. The van der Waals surface area contributed by atoms with E-state index in [1.54, 1.807) is 0 Å². The highest BCUT2D eigenvalue weighted by Crippen LogP contribution is 2.25. The molecule has 28 heavy (non-hydrogen) atoms. The number of hydrogen-bond acceptors (Lipinski definition) is 4. The fourth-order valence-corrected chi connectivity index (χ4v) is 3.93. The SMILES string of the molecule is CCOc1ccccc1NC(=O)CSC(=Nc1ccccc1)N1CCCCC1. The highest BCUT2D eigenvalue weighted by molar-refractivity contribution is 8.14. The molecular weight excluding hydrogens is 370 g/mol. The van der Waals surface area contributed by atoms with Gasteiger partial charge in [-0.05, 0) is 50.5 Å². The molecule has 0 aliphatic carbocycles. The molecule has 0 aromatic heterocycles. The van der Waals surface area contributed by atoms with Crippen LogP contribution in [0.3, 0.4) is 0 Å². The number of ether oxygens (including phenoxy) is 1. The quantitative estimate of drug-likeness (QED) is 0.555. The molecule has 1 fully saturated rings. The highest BCUT2D eigenvalue weighted by atomic mass is 32.2. The van der Waals surface area contributed by atoms with Gasteiger partial charge in [0, 0.05) is 13.1 Å². The monoisotopic (exact) mass is 397 g/mol. The van der Waals surface area contributed by atoms with E-state index in [1.165, 1.54) is 31.0 Å². The van der Waals surface area contributed by atoms with E-state index in [9.17, 15) is 4.79 Å². The number of para-hydroxylation sites is 3. The van der Waals surface area contributed by atoms with Crippen LogP contribution in [-0.4, -0.2) is 41.4 Å². The van der Waals surface area contributed by atoms with Crippen molar-refractivity contribution < 1.29 is 9.53 Å². The van der Waals surface area contributed by atoms with Crippen LogP contribution in [0.25, 0.3) is 0 Å². The first-order chi connectivity index (χ1) is 13.8. The average Bonchev–Trinajstić information content (AvgIpc) is 2.74. The van der Waals surface area contributed by atoms with Gasteiger partial charge in [0.15, 0.2) is 5.17 Å². The van der Waals surface area contributed by atoms with E-state index in [2.05, 4.69) is 10.2 Å². The number of rotatable bonds is 6. The zero-order valence-electron chi connectivity index (χ0n) is 16.3. The average molecular weight is 398 g/mol. The third kappa shape index (κ3) is 6.02. The largest absolute Gasteiger partial charge is 0.492 e. The molecule has 1 N–H and O–H groups in total. The number of anilines is 1. The molecule has 1 aliphatic rings. The van der Waals surface area contributed by atoms with Crippen LogP contribution in [0.4, 0.5) is 11.4 Å². The lowest BCUT2D eigenvalue weighted by atomic mass is 10.1. The molecule has 0 spiro atoms. The van der Waals surface area contributed by atoms with E-state index in [1.807, 2.05) is 61.5 Å². The Balaban J connectivity index is 1.66. The lowest BCUT2D eigenvalue weighted by Gasteiger charge is -2.29. The second kappa shape index (κ2) is 10.8. The maximum atomic E-state index is 12.5. The summed E-state index contributed by atoms with van der Waals surface area (Å²) in [5, 5.41) is 3.88. The minimum absolute atomic E-state index is 0.0603. The van der Waals surface area contributed by atoms with Crippen LogP contribution in [0.15, 0.2) is 59.6 Å². The third-order valence-corrected chi connectivity index (χ3v) is 5.42. The molecule has 3 rings (SSSR count). The topological polar surface area (TPSA) is 53.9 Å². The van der Waals surface area contributed by atoms with Crippen LogP contribution in [0, 0.1) is 0 Å². The van der Waals surface area contributed by atoms with Crippen molar-refractivity contribution in [1.82, 2.24) is 4.90 Å². The smallest absolute Gasteiger partial charge is 0.234 e. The Hall–Kier alpha value is -2.47. The minimum atomic E-state index is -0.0603. The Bertz CT molecular complexity index is 789. The molecule has 0 saturated carbocycles. The van der Waals surface area contributed by atoms with Crippen LogP contribution in [0.2, 0.25) is 0 Å². The molecule has 1 amide bonds. The molecule has 2 aromatic carbocycles. The summed E-state index contributed by atoms with van der Waals surface area (Å²) in [6.07, 6.45) is 3.60. The van der Waals surface area contributed by atoms with Crippen molar-refractivity contribution in [2.45, 2.75) is 26.2 Å². The minimum Gasteiger partial charge on any atom is -0.492 e. The fourth-order valence-electron chi connectivity index (χ4n) is 3.06. The number of carbonyl (C=O) groups is 1. The van der Waals surface area contributed by atoms with E-state index in [0.29, 0.717) is 23.8 Å². The number of amides is 1. The lowest BCUT2D eigenvalue weighted by Crippen LogP contribution is -2.34. The maximum absolute atomic E-state index is 12.5. The van der Waals surface area contributed by atoms with Crippen molar-refractivity contribution >= 4 is 34.2 Å². The summed E-state index contributed by atoms with van der Waals surface area (Å²) in [4.78, 5) is 19.7. The predicted molar refractivity (Wildman–Crippen MR) is 118 cm³/mol. The van der Waals surface area contributed by atoms with Gasteiger partial charge in [0.1, 0.15) is 5.75 Å². The number of aliphatic imine (C=N–C) groups is 1. The van der Waals surface area contributed by atoms with Gasteiger partial charge in [-0.15, -0.1) is 0 Å². The van der Waals surface area contributed by atoms with Crippen molar-refractivity contribution in [3.05, 3.63) is 54.6 Å². The molecule has 2 aromatic rings. The van der Waals surface area contributed by atoms with Crippen LogP contribution >= 0.6 is 11.8 Å². The summed E-state index contributed by atoms with van der Waals surface area (Å²) in [5.41, 5.74) is 1.62. The van der Waals surface area contributed by atoms with E-state index in [4.69, 9.17) is 9.73 Å². The highest BCUT2D eigenvalue weighted by Gasteiger charge is 2.17. The van der Waals surface area contributed by atoms with Crippen molar-refractivity contribution in [3.8, 4) is 5.75 Å².